The zero-order valence-electron chi connectivity index (χ0n) is 8.13. The first kappa shape index (κ1) is 7.34. The molecule has 3 atom stereocenters. The molecule has 2 aliphatic heterocycles. The van der Waals surface area contributed by atoms with Crippen LogP contribution in [-0.4, -0.2) is 34.7 Å². The lowest BCUT2D eigenvalue weighted by molar-refractivity contribution is -0.0108. The molecule has 2 saturated heterocycles. The maximum Gasteiger partial charge on any atom is 0.0784 e. The molecule has 2 heteroatoms. The quantitative estimate of drug-likeness (QED) is 0.540. The number of hydrogen-bond donors (Lipinski definition) is 0. The maximum atomic E-state index is 5.81. The van der Waals surface area contributed by atoms with E-state index in [9.17, 15) is 0 Å². The second-order valence-electron chi connectivity index (χ2n) is 5.54. The fourth-order valence-corrected chi connectivity index (χ4v) is 3.16. The summed E-state index contributed by atoms with van der Waals surface area (Å²) in [7, 11) is 0. The van der Waals surface area contributed by atoms with Gasteiger partial charge in [0.05, 0.1) is 17.7 Å². The largest absolute Gasteiger partial charge is 0.372 e. The Morgan fingerprint density at radius 3 is 2.50 bits per heavy atom. The summed E-state index contributed by atoms with van der Waals surface area (Å²) in [6, 6.07) is 0. The Labute approximate surface area is 73.9 Å². The minimum atomic E-state index is 0.341. The van der Waals surface area contributed by atoms with Crippen LogP contribution < -0.4 is 0 Å². The highest BCUT2D eigenvalue weighted by atomic mass is 16.5. The highest BCUT2D eigenvalue weighted by molar-refractivity contribution is 5.25. The van der Waals surface area contributed by atoms with Crippen LogP contribution in [0.5, 0.6) is 0 Å². The lowest BCUT2D eigenvalue weighted by Gasteiger charge is -2.38. The fraction of sp³-hybridized carbons (Fsp3) is 1.00. The number of nitrogens with zero attached hydrogens (tertiary/aromatic N) is 1. The molecule has 3 rings (SSSR count). The molecule has 3 aliphatic rings. The fourth-order valence-electron chi connectivity index (χ4n) is 3.16. The SMILES string of the molecule is CC(C)(C)N1C[C@@H]2CC13C[C@@H]3O2. The molecule has 0 aromatic carbocycles. The molecule has 0 amide bonds. The second kappa shape index (κ2) is 1.73. The van der Waals surface area contributed by atoms with E-state index in [1.165, 1.54) is 19.4 Å². The van der Waals surface area contributed by atoms with Crippen molar-refractivity contribution in [3.8, 4) is 0 Å². The highest BCUT2D eigenvalue weighted by Crippen LogP contribution is 2.60. The van der Waals surface area contributed by atoms with Gasteiger partial charge in [-0.2, -0.15) is 0 Å². The minimum Gasteiger partial charge on any atom is -0.372 e. The number of hydrogen-bond acceptors (Lipinski definition) is 2. The summed E-state index contributed by atoms with van der Waals surface area (Å²) in [6.07, 6.45) is 3.74. The van der Waals surface area contributed by atoms with Gasteiger partial charge in [-0.1, -0.05) is 0 Å². The third-order valence-electron chi connectivity index (χ3n) is 3.65. The van der Waals surface area contributed by atoms with Crippen LogP contribution in [0.1, 0.15) is 33.6 Å². The van der Waals surface area contributed by atoms with E-state index in [1.54, 1.807) is 0 Å². The molecule has 0 aromatic heterocycles. The molecule has 3 fully saturated rings. The van der Waals surface area contributed by atoms with Gasteiger partial charge in [0.2, 0.25) is 0 Å². The van der Waals surface area contributed by atoms with Crippen LogP contribution in [0.2, 0.25) is 0 Å². The first-order valence-corrected chi connectivity index (χ1v) is 4.96. The van der Waals surface area contributed by atoms with E-state index in [4.69, 9.17) is 4.74 Å². The van der Waals surface area contributed by atoms with Crippen molar-refractivity contribution in [1.29, 1.82) is 0 Å². The van der Waals surface area contributed by atoms with E-state index >= 15 is 0 Å². The Morgan fingerprint density at radius 1 is 1.33 bits per heavy atom. The molecule has 0 aromatic rings. The third-order valence-corrected chi connectivity index (χ3v) is 3.65. The van der Waals surface area contributed by atoms with Gasteiger partial charge < -0.3 is 4.74 Å². The van der Waals surface area contributed by atoms with Gasteiger partial charge in [-0.15, -0.1) is 0 Å². The van der Waals surface area contributed by atoms with Crippen molar-refractivity contribution in [1.82, 2.24) is 4.90 Å². The Hall–Kier alpha value is -0.0800. The maximum absolute atomic E-state index is 5.81. The molecular weight excluding hydrogens is 150 g/mol. The van der Waals surface area contributed by atoms with E-state index < -0.39 is 0 Å². The van der Waals surface area contributed by atoms with E-state index in [0.29, 0.717) is 23.3 Å². The van der Waals surface area contributed by atoms with Crippen molar-refractivity contribution in [2.75, 3.05) is 6.54 Å². The summed E-state index contributed by atoms with van der Waals surface area (Å²) in [5.41, 5.74) is 0.830. The van der Waals surface area contributed by atoms with Crippen LogP contribution in [0.4, 0.5) is 0 Å². The van der Waals surface area contributed by atoms with Gasteiger partial charge >= 0.3 is 0 Å². The van der Waals surface area contributed by atoms with E-state index in [-0.39, 0.29) is 0 Å². The van der Waals surface area contributed by atoms with Crippen LogP contribution in [0, 0.1) is 0 Å². The standard InChI is InChI=1S/C10H17NO/c1-9(2,3)11-6-7-4-10(11)5-8(10)12-7/h7-8H,4-6H2,1-3H3/t7-,8-,10?/m0/s1. The van der Waals surface area contributed by atoms with Crippen molar-refractivity contribution in [3.05, 3.63) is 0 Å². The van der Waals surface area contributed by atoms with Crippen molar-refractivity contribution in [2.45, 2.75) is 56.9 Å². The van der Waals surface area contributed by atoms with E-state index in [0.717, 1.165) is 0 Å². The van der Waals surface area contributed by atoms with Crippen LogP contribution in [0.15, 0.2) is 0 Å². The van der Waals surface area contributed by atoms with Gasteiger partial charge in [-0.25, -0.2) is 0 Å². The predicted molar refractivity (Wildman–Crippen MR) is 47.1 cm³/mol. The first-order chi connectivity index (χ1) is 5.52. The average Bonchev–Trinajstić information content (AvgIpc) is 2.31. The average molecular weight is 167 g/mol. The van der Waals surface area contributed by atoms with Crippen LogP contribution in [0.25, 0.3) is 0 Å². The summed E-state index contributed by atoms with van der Waals surface area (Å²) in [4.78, 5) is 2.67. The Morgan fingerprint density at radius 2 is 2.08 bits per heavy atom. The van der Waals surface area contributed by atoms with Crippen LogP contribution in [-0.2, 0) is 4.74 Å². The van der Waals surface area contributed by atoms with Gasteiger partial charge in [-0.3, -0.25) is 4.90 Å². The van der Waals surface area contributed by atoms with Gasteiger partial charge in [0.15, 0.2) is 0 Å². The Balaban J connectivity index is 1.92. The zero-order valence-corrected chi connectivity index (χ0v) is 8.13. The molecule has 2 heterocycles. The van der Waals surface area contributed by atoms with Crippen molar-refractivity contribution < 1.29 is 4.74 Å². The van der Waals surface area contributed by atoms with Crippen molar-refractivity contribution >= 4 is 0 Å². The molecule has 1 spiro atoms. The van der Waals surface area contributed by atoms with Gasteiger partial charge in [0, 0.05) is 12.1 Å². The molecule has 2 bridgehead atoms. The van der Waals surface area contributed by atoms with Crippen molar-refractivity contribution in [2.24, 2.45) is 0 Å². The summed E-state index contributed by atoms with van der Waals surface area (Å²) in [5.74, 6) is 0. The lowest BCUT2D eigenvalue weighted by atomic mass is 10.0. The molecule has 1 saturated carbocycles. The number of likely N-dealkylation sites (tertiary alicyclic amines) is 1. The molecular formula is C10H17NO. The van der Waals surface area contributed by atoms with Crippen LogP contribution in [0.3, 0.4) is 0 Å². The van der Waals surface area contributed by atoms with Gasteiger partial charge in [0.1, 0.15) is 0 Å². The monoisotopic (exact) mass is 167 g/mol. The number of ether oxygens (including phenoxy) is 1. The molecule has 1 aliphatic carbocycles. The summed E-state index contributed by atoms with van der Waals surface area (Å²) >= 11 is 0. The highest BCUT2D eigenvalue weighted by Gasteiger charge is 2.71. The van der Waals surface area contributed by atoms with Gasteiger partial charge in [0.25, 0.3) is 0 Å². The summed E-state index contributed by atoms with van der Waals surface area (Å²) in [5, 5.41) is 0. The Bertz CT molecular complexity index is 232. The normalized spacial score (nSPS) is 51.2. The number of rotatable bonds is 0. The Kier molecular flexibility index (Phi) is 1.06. The smallest absolute Gasteiger partial charge is 0.0784 e. The summed E-state index contributed by atoms with van der Waals surface area (Å²) in [6.45, 7) is 8.12. The minimum absolute atomic E-state index is 0.341. The van der Waals surface area contributed by atoms with Crippen LogP contribution >= 0.6 is 0 Å². The molecule has 12 heavy (non-hydrogen) atoms. The molecule has 2 nitrogen and oxygen atoms in total. The number of morpholine rings is 1. The summed E-state index contributed by atoms with van der Waals surface area (Å²) < 4.78 is 5.81. The molecule has 68 valence electrons. The molecule has 1 unspecified atom stereocenters. The number of fused-ring (bicyclic) bond motifs is 1. The lowest BCUT2D eigenvalue weighted by Crippen LogP contribution is -2.49. The zero-order chi connectivity index (χ0) is 8.56. The van der Waals surface area contributed by atoms with Crippen molar-refractivity contribution in [3.63, 3.8) is 0 Å². The second-order valence-corrected chi connectivity index (χ2v) is 5.54. The predicted octanol–water partition coefficient (Wildman–Crippen LogP) is 1.40. The first-order valence-electron chi connectivity index (χ1n) is 4.96. The van der Waals surface area contributed by atoms with E-state index in [1.807, 2.05) is 0 Å². The van der Waals surface area contributed by atoms with E-state index in [2.05, 4.69) is 25.7 Å². The topological polar surface area (TPSA) is 12.5 Å². The van der Waals surface area contributed by atoms with Gasteiger partial charge in [-0.05, 0) is 33.6 Å². The molecule has 0 radical (unpaired) electrons. The molecule has 0 N–H and O–H groups in total. The third kappa shape index (κ3) is 0.686.